The molecule has 0 atom stereocenters. The molecule has 2 heterocycles. The Kier molecular flexibility index (Phi) is 3.85. The number of aryl methyl sites for hydroxylation is 2. The van der Waals surface area contributed by atoms with Gasteiger partial charge in [-0.05, 0) is 26.0 Å². The highest BCUT2D eigenvalue weighted by molar-refractivity contribution is 5.93. The van der Waals surface area contributed by atoms with E-state index in [-0.39, 0.29) is 16.9 Å². The van der Waals surface area contributed by atoms with Gasteiger partial charge >= 0.3 is 0 Å². The van der Waals surface area contributed by atoms with E-state index in [1.165, 1.54) is 12.3 Å². The maximum Gasteiger partial charge on any atom is 0.256 e. The second kappa shape index (κ2) is 5.56. The first-order valence-corrected chi connectivity index (χ1v) is 6.09. The first kappa shape index (κ1) is 13.1. The molecule has 19 heavy (non-hydrogen) atoms. The van der Waals surface area contributed by atoms with Crippen molar-refractivity contribution in [1.82, 2.24) is 10.3 Å². The zero-order valence-corrected chi connectivity index (χ0v) is 10.9. The monoisotopic (exact) mass is 260 g/mol. The predicted octanol–water partition coefficient (Wildman–Crippen LogP) is 1.56. The van der Waals surface area contributed by atoms with Crippen molar-refractivity contribution in [1.29, 1.82) is 0 Å². The van der Waals surface area contributed by atoms with E-state index >= 15 is 0 Å². The first-order chi connectivity index (χ1) is 9.06. The van der Waals surface area contributed by atoms with Crippen LogP contribution in [0.15, 0.2) is 33.6 Å². The minimum atomic E-state index is -0.371. The van der Waals surface area contributed by atoms with E-state index in [1.807, 2.05) is 19.1 Å². The van der Waals surface area contributed by atoms with Gasteiger partial charge in [0.05, 0.1) is 0 Å². The van der Waals surface area contributed by atoms with Crippen LogP contribution in [0.1, 0.15) is 27.6 Å². The molecule has 2 aromatic heterocycles. The van der Waals surface area contributed by atoms with Gasteiger partial charge in [-0.2, -0.15) is 0 Å². The molecule has 1 amide bonds. The SMILES string of the molecule is Cc1cc(=O)c(C(=O)NCCc2ccc(C)o2)c[nH]1. The Morgan fingerprint density at radius 1 is 1.37 bits per heavy atom. The normalized spacial score (nSPS) is 10.4. The lowest BCUT2D eigenvalue weighted by Crippen LogP contribution is -2.30. The average Bonchev–Trinajstić information content (AvgIpc) is 2.75. The summed E-state index contributed by atoms with van der Waals surface area (Å²) in [4.78, 5) is 26.3. The second-order valence-electron chi connectivity index (χ2n) is 4.41. The summed E-state index contributed by atoms with van der Waals surface area (Å²) in [6.07, 6.45) is 2.04. The maximum atomic E-state index is 11.8. The third kappa shape index (κ3) is 3.34. The number of hydrogen-bond acceptors (Lipinski definition) is 3. The molecule has 0 spiro atoms. The fraction of sp³-hybridized carbons (Fsp3) is 0.286. The minimum Gasteiger partial charge on any atom is -0.466 e. The molecule has 0 fully saturated rings. The summed E-state index contributed by atoms with van der Waals surface area (Å²) in [5.41, 5.74) is 0.580. The summed E-state index contributed by atoms with van der Waals surface area (Å²) in [5.74, 6) is 1.29. The summed E-state index contributed by atoms with van der Waals surface area (Å²) in [5, 5.41) is 2.70. The number of pyridine rings is 1. The van der Waals surface area contributed by atoms with Crippen molar-refractivity contribution in [2.45, 2.75) is 20.3 Å². The maximum absolute atomic E-state index is 11.8. The number of nitrogens with one attached hydrogen (secondary N) is 2. The van der Waals surface area contributed by atoms with E-state index in [0.717, 1.165) is 17.2 Å². The van der Waals surface area contributed by atoms with Crippen LogP contribution in [-0.2, 0) is 6.42 Å². The smallest absolute Gasteiger partial charge is 0.256 e. The number of aromatic nitrogens is 1. The molecule has 2 aromatic rings. The largest absolute Gasteiger partial charge is 0.466 e. The highest BCUT2D eigenvalue weighted by Gasteiger charge is 2.09. The number of carbonyl (C=O) groups is 1. The van der Waals surface area contributed by atoms with Crippen molar-refractivity contribution >= 4 is 5.91 Å². The number of amides is 1. The Balaban J connectivity index is 1.92. The summed E-state index contributed by atoms with van der Waals surface area (Å²) >= 11 is 0. The quantitative estimate of drug-likeness (QED) is 0.876. The zero-order chi connectivity index (χ0) is 13.8. The molecule has 2 rings (SSSR count). The lowest BCUT2D eigenvalue weighted by molar-refractivity contribution is 0.0952. The number of carbonyl (C=O) groups excluding carboxylic acids is 1. The minimum absolute atomic E-state index is 0.126. The highest BCUT2D eigenvalue weighted by Crippen LogP contribution is 2.06. The molecule has 0 bridgehead atoms. The van der Waals surface area contributed by atoms with Crippen LogP contribution in [0.25, 0.3) is 0 Å². The molecule has 0 aliphatic heterocycles. The van der Waals surface area contributed by atoms with Crippen LogP contribution in [0.3, 0.4) is 0 Å². The number of H-pyrrole nitrogens is 1. The van der Waals surface area contributed by atoms with Gasteiger partial charge in [0.1, 0.15) is 17.1 Å². The van der Waals surface area contributed by atoms with Crippen molar-refractivity contribution in [3.63, 3.8) is 0 Å². The number of hydrogen-bond donors (Lipinski definition) is 2. The first-order valence-electron chi connectivity index (χ1n) is 6.09. The average molecular weight is 260 g/mol. The van der Waals surface area contributed by atoms with Crippen LogP contribution < -0.4 is 10.7 Å². The number of aromatic amines is 1. The van der Waals surface area contributed by atoms with Crippen molar-refractivity contribution in [2.75, 3.05) is 6.54 Å². The van der Waals surface area contributed by atoms with Crippen molar-refractivity contribution < 1.29 is 9.21 Å². The van der Waals surface area contributed by atoms with Gasteiger partial charge in [-0.15, -0.1) is 0 Å². The van der Waals surface area contributed by atoms with E-state index in [2.05, 4.69) is 10.3 Å². The van der Waals surface area contributed by atoms with Crippen LogP contribution >= 0.6 is 0 Å². The Bertz CT molecular complexity index is 640. The van der Waals surface area contributed by atoms with Gasteiger partial charge in [-0.3, -0.25) is 9.59 Å². The van der Waals surface area contributed by atoms with Crippen LogP contribution in [0.5, 0.6) is 0 Å². The molecular formula is C14H16N2O3. The fourth-order valence-electron chi connectivity index (χ4n) is 1.76. The third-order valence-corrected chi connectivity index (χ3v) is 2.75. The summed E-state index contributed by atoms with van der Waals surface area (Å²) < 4.78 is 5.39. The fourth-order valence-corrected chi connectivity index (χ4v) is 1.76. The van der Waals surface area contributed by atoms with Crippen LogP contribution in [-0.4, -0.2) is 17.4 Å². The van der Waals surface area contributed by atoms with E-state index in [1.54, 1.807) is 6.92 Å². The summed E-state index contributed by atoms with van der Waals surface area (Å²) in [6.45, 7) is 4.06. The Morgan fingerprint density at radius 3 is 2.79 bits per heavy atom. The highest BCUT2D eigenvalue weighted by atomic mass is 16.3. The van der Waals surface area contributed by atoms with Crippen molar-refractivity contribution in [2.24, 2.45) is 0 Å². The lowest BCUT2D eigenvalue weighted by atomic mass is 10.2. The molecule has 5 heteroatoms. The van der Waals surface area contributed by atoms with Gasteiger partial charge in [-0.1, -0.05) is 0 Å². The topological polar surface area (TPSA) is 75.1 Å². The molecule has 0 aliphatic rings. The van der Waals surface area contributed by atoms with E-state index < -0.39 is 0 Å². The standard InChI is InChI=1S/C14H16N2O3/c1-9-7-13(17)12(8-16-9)14(18)15-6-5-11-4-3-10(2)19-11/h3-4,7-8H,5-6H2,1-2H3,(H,15,18)(H,16,17). The molecule has 0 radical (unpaired) electrons. The van der Waals surface area contributed by atoms with E-state index in [0.29, 0.717) is 13.0 Å². The Morgan fingerprint density at radius 2 is 2.16 bits per heavy atom. The molecule has 2 N–H and O–H groups in total. The van der Waals surface area contributed by atoms with Gasteiger partial charge in [0.15, 0.2) is 5.43 Å². The number of rotatable bonds is 4. The number of furan rings is 1. The lowest BCUT2D eigenvalue weighted by Gasteiger charge is -2.03. The van der Waals surface area contributed by atoms with Crippen molar-refractivity contribution in [3.05, 3.63) is 57.4 Å². The summed E-state index contributed by atoms with van der Waals surface area (Å²) in [7, 11) is 0. The van der Waals surface area contributed by atoms with Crippen LogP contribution in [0, 0.1) is 13.8 Å². The predicted molar refractivity (Wildman–Crippen MR) is 71.3 cm³/mol. The third-order valence-electron chi connectivity index (χ3n) is 2.75. The van der Waals surface area contributed by atoms with Gasteiger partial charge in [0.2, 0.25) is 0 Å². The van der Waals surface area contributed by atoms with Gasteiger partial charge in [-0.25, -0.2) is 0 Å². The molecule has 0 aliphatic carbocycles. The van der Waals surface area contributed by atoms with Crippen LogP contribution in [0.4, 0.5) is 0 Å². The van der Waals surface area contributed by atoms with Gasteiger partial charge in [0.25, 0.3) is 5.91 Å². The summed E-state index contributed by atoms with van der Waals surface area (Å²) in [6, 6.07) is 5.16. The second-order valence-corrected chi connectivity index (χ2v) is 4.41. The van der Waals surface area contributed by atoms with Gasteiger partial charge in [0, 0.05) is 30.9 Å². The van der Waals surface area contributed by atoms with Crippen molar-refractivity contribution in [3.8, 4) is 0 Å². The van der Waals surface area contributed by atoms with E-state index in [4.69, 9.17) is 4.42 Å². The molecule has 0 unspecified atom stereocenters. The Hall–Kier alpha value is -2.30. The Labute approximate surface area is 110 Å². The molecular weight excluding hydrogens is 244 g/mol. The molecule has 0 saturated carbocycles. The van der Waals surface area contributed by atoms with Crippen LogP contribution in [0.2, 0.25) is 0 Å². The zero-order valence-electron chi connectivity index (χ0n) is 10.9. The molecule has 0 saturated heterocycles. The van der Waals surface area contributed by atoms with E-state index in [9.17, 15) is 9.59 Å². The van der Waals surface area contributed by atoms with Gasteiger partial charge < -0.3 is 14.7 Å². The molecule has 0 aromatic carbocycles. The molecule has 100 valence electrons. The molecule has 5 nitrogen and oxygen atoms in total.